The molecule has 3 aromatic rings. The number of aromatic nitrogens is 2. The van der Waals surface area contributed by atoms with Crippen molar-refractivity contribution in [2.24, 2.45) is 0 Å². The Hall–Kier alpha value is -2.29. The van der Waals surface area contributed by atoms with Crippen molar-refractivity contribution in [3.8, 4) is 11.4 Å². The average Bonchev–Trinajstić information content (AvgIpc) is 2.82. The minimum atomic E-state index is 0.829. The van der Waals surface area contributed by atoms with E-state index in [1.54, 1.807) is 7.11 Å². The van der Waals surface area contributed by atoms with Crippen LogP contribution in [0.1, 0.15) is 0 Å². The summed E-state index contributed by atoms with van der Waals surface area (Å²) in [5.41, 5.74) is 2.00. The topological polar surface area (TPSA) is 27.1 Å². The molecule has 0 N–H and O–H groups in total. The quantitative estimate of drug-likeness (QED) is 0.669. The lowest BCUT2D eigenvalue weighted by molar-refractivity contribution is 0.415. The van der Waals surface area contributed by atoms with Crippen LogP contribution >= 0.6 is 0 Å². The van der Waals surface area contributed by atoms with Gasteiger partial charge in [-0.05, 0) is 24.3 Å². The molecule has 0 bridgehead atoms. The average molecular weight is 224 g/mol. The summed E-state index contributed by atoms with van der Waals surface area (Å²) in [6.07, 6.45) is 2.02. The molecule has 84 valence electrons. The van der Waals surface area contributed by atoms with E-state index in [0.717, 1.165) is 22.3 Å². The van der Waals surface area contributed by atoms with Crippen LogP contribution in [0.2, 0.25) is 0 Å². The van der Waals surface area contributed by atoms with Crippen LogP contribution in [0.5, 0.6) is 5.75 Å². The van der Waals surface area contributed by atoms with Gasteiger partial charge in [0.25, 0.3) is 0 Å². The molecule has 1 aromatic heterocycles. The van der Waals surface area contributed by atoms with Crippen molar-refractivity contribution in [3.05, 3.63) is 54.7 Å². The molecule has 0 spiro atoms. The highest BCUT2D eigenvalue weighted by Gasteiger charge is 2.03. The molecule has 3 heteroatoms. The van der Waals surface area contributed by atoms with Gasteiger partial charge >= 0.3 is 0 Å². The molecule has 17 heavy (non-hydrogen) atoms. The number of rotatable bonds is 2. The van der Waals surface area contributed by atoms with Gasteiger partial charge in [0.1, 0.15) is 5.75 Å². The molecule has 1 heterocycles. The van der Waals surface area contributed by atoms with Crippen molar-refractivity contribution in [1.82, 2.24) is 9.78 Å². The molecule has 3 rings (SSSR count). The predicted molar refractivity (Wildman–Crippen MR) is 67.6 cm³/mol. The van der Waals surface area contributed by atoms with Gasteiger partial charge < -0.3 is 4.74 Å². The number of benzene rings is 2. The van der Waals surface area contributed by atoms with Crippen LogP contribution in [0.25, 0.3) is 16.6 Å². The first kappa shape index (κ1) is 9.90. The summed E-state index contributed by atoms with van der Waals surface area (Å²) in [4.78, 5) is 0. The fourth-order valence-electron chi connectivity index (χ4n) is 1.84. The summed E-state index contributed by atoms with van der Waals surface area (Å²) in [6.45, 7) is 0. The highest BCUT2D eigenvalue weighted by atomic mass is 16.5. The Kier molecular flexibility index (Phi) is 2.29. The van der Waals surface area contributed by atoms with E-state index < -0.39 is 0 Å². The lowest BCUT2D eigenvalue weighted by Gasteiger charge is -1.98. The summed E-state index contributed by atoms with van der Waals surface area (Å²) < 4.78 is 7.07. The molecule has 0 saturated carbocycles. The van der Waals surface area contributed by atoms with Crippen molar-refractivity contribution in [2.75, 3.05) is 7.11 Å². The Morgan fingerprint density at radius 3 is 2.65 bits per heavy atom. The van der Waals surface area contributed by atoms with E-state index in [2.05, 4.69) is 5.10 Å². The first-order chi connectivity index (χ1) is 8.36. The van der Waals surface area contributed by atoms with Gasteiger partial charge in [0, 0.05) is 17.6 Å². The monoisotopic (exact) mass is 224 g/mol. The summed E-state index contributed by atoms with van der Waals surface area (Å²) in [6, 6.07) is 16.0. The van der Waals surface area contributed by atoms with Crippen LogP contribution in [0.3, 0.4) is 0 Å². The van der Waals surface area contributed by atoms with Gasteiger partial charge in [0.2, 0.25) is 0 Å². The van der Waals surface area contributed by atoms with E-state index >= 15 is 0 Å². The van der Waals surface area contributed by atoms with Crippen molar-refractivity contribution in [3.63, 3.8) is 0 Å². The van der Waals surface area contributed by atoms with E-state index in [1.807, 2.05) is 59.4 Å². The van der Waals surface area contributed by atoms with Crippen molar-refractivity contribution in [2.45, 2.75) is 0 Å². The van der Waals surface area contributed by atoms with E-state index in [9.17, 15) is 0 Å². The number of methoxy groups -OCH3 is 1. The molecule has 0 aliphatic carbocycles. The molecule has 0 aliphatic heterocycles. The smallest absolute Gasteiger partial charge is 0.121 e. The van der Waals surface area contributed by atoms with E-state index in [1.165, 1.54) is 0 Å². The molecule has 0 radical (unpaired) electrons. The number of para-hydroxylation sites is 1. The summed E-state index contributed by atoms with van der Waals surface area (Å²) in [5.74, 6) is 0.829. The second-order valence-corrected chi connectivity index (χ2v) is 3.83. The van der Waals surface area contributed by atoms with Gasteiger partial charge in [-0.25, -0.2) is 4.68 Å². The SMILES string of the molecule is COc1ccc2cn(-c3ccccc3)nc2c1. The maximum absolute atomic E-state index is 5.19. The fourth-order valence-corrected chi connectivity index (χ4v) is 1.84. The highest BCUT2D eigenvalue weighted by Crippen LogP contribution is 2.20. The lowest BCUT2D eigenvalue weighted by Crippen LogP contribution is -1.92. The zero-order valence-corrected chi connectivity index (χ0v) is 9.50. The van der Waals surface area contributed by atoms with Crippen LogP contribution < -0.4 is 4.74 Å². The molecular formula is C14H12N2O. The Bertz CT molecular complexity index is 644. The zero-order valence-electron chi connectivity index (χ0n) is 9.50. The van der Waals surface area contributed by atoms with Crippen LogP contribution in [0.15, 0.2) is 54.7 Å². The predicted octanol–water partition coefficient (Wildman–Crippen LogP) is 3.03. The summed E-state index contributed by atoms with van der Waals surface area (Å²) in [7, 11) is 1.66. The maximum Gasteiger partial charge on any atom is 0.121 e. The molecule has 3 nitrogen and oxygen atoms in total. The Labute approximate surface area is 99.3 Å². The van der Waals surface area contributed by atoms with E-state index in [4.69, 9.17) is 4.74 Å². The van der Waals surface area contributed by atoms with Crippen molar-refractivity contribution >= 4 is 10.9 Å². The second-order valence-electron chi connectivity index (χ2n) is 3.83. The Balaban J connectivity index is 2.14. The third-order valence-corrected chi connectivity index (χ3v) is 2.74. The van der Waals surface area contributed by atoms with Gasteiger partial charge in [-0.3, -0.25) is 0 Å². The highest BCUT2D eigenvalue weighted by molar-refractivity contribution is 5.80. The van der Waals surface area contributed by atoms with Crippen LogP contribution in [0.4, 0.5) is 0 Å². The minimum absolute atomic E-state index is 0.829. The van der Waals surface area contributed by atoms with Crippen molar-refractivity contribution < 1.29 is 4.74 Å². The normalized spacial score (nSPS) is 10.6. The number of nitrogens with zero attached hydrogens (tertiary/aromatic N) is 2. The van der Waals surface area contributed by atoms with Gasteiger partial charge in [0.05, 0.1) is 18.3 Å². The van der Waals surface area contributed by atoms with Gasteiger partial charge in [0.15, 0.2) is 0 Å². The third-order valence-electron chi connectivity index (χ3n) is 2.74. The molecule has 0 fully saturated rings. The first-order valence-electron chi connectivity index (χ1n) is 5.46. The largest absolute Gasteiger partial charge is 0.497 e. The second kappa shape index (κ2) is 3.94. The van der Waals surface area contributed by atoms with Crippen LogP contribution in [0, 0.1) is 0 Å². The molecule has 0 atom stereocenters. The number of hydrogen-bond acceptors (Lipinski definition) is 2. The van der Waals surface area contributed by atoms with Gasteiger partial charge in [-0.2, -0.15) is 5.10 Å². The molecule has 0 aliphatic rings. The summed E-state index contributed by atoms with van der Waals surface area (Å²) >= 11 is 0. The van der Waals surface area contributed by atoms with E-state index in [0.29, 0.717) is 0 Å². The number of fused-ring (bicyclic) bond motifs is 1. The molecule has 0 unspecified atom stereocenters. The van der Waals surface area contributed by atoms with Crippen LogP contribution in [-0.2, 0) is 0 Å². The maximum atomic E-state index is 5.19. The molecule has 2 aromatic carbocycles. The standard InChI is InChI=1S/C14H12N2O/c1-17-13-8-7-11-10-16(15-14(11)9-13)12-5-3-2-4-6-12/h2-10H,1H3. The number of ether oxygens (including phenoxy) is 1. The number of hydrogen-bond donors (Lipinski definition) is 0. The zero-order chi connectivity index (χ0) is 11.7. The summed E-state index contributed by atoms with van der Waals surface area (Å²) in [5, 5.41) is 5.63. The van der Waals surface area contributed by atoms with E-state index in [-0.39, 0.29) is 0 Å². The first-order valence-corrected chi connectivity index (χ1v) is 5.46. The van der Waals surface area contributed by atoms with Gasteiger partial charge in [-0.15, -0.1) is 0 Å². The third kappa shape index (κ3) is 1.76. The Morgan fingerprint density at radius 2 is 1.88 bits per heavy atom. The van der Waals surface area contributed by atoms with Crippen LogP contribution in [-0.4, -0.2) is 16.9 Å². The lowest BCUT2D eigenvalue weighted by atomic mass is 10.2. The van der Waals surface area contributed by atoms with Crippen molar-refractivity contribution in [1.29, 1.82) is 0 Å². The molecule has 0 amide bonds. The van der Waals surface area contributed by atoms with Gasteiger partial charge in [-0.1, -0.05) is 18.2 Å². The minimum Gasteiger partial charge on any atom is -0.497 e. The fraction of sp³-hybridized carbons (Fsp3) is 0.0714. The molecular weight excluding hydrogens is 212 g/mol. The molecule has 0 saturated heterocycles. The Morgan fingerprint density at radius 1 is 1.06 bits per heavy atom.